The molecule has 0 aliphatic carbocycles. The van der Waals surface area contributed by atoms with Gasteiger partial charge in [-0.15, -0.1) is 0 Å². The largest absolute Gasteiger partial charge is 0.494 e. The highest BCUT2D eigenvalue weighted by molar-refractivity contribution is 5.82. The number of hydrogen-bond acceptors (Lipinski definition) is 7. The lowest BCUT2D eigenvalue weighted by Crippen LogP contribution is -2.38. The first-order valence-electron chi connectivity index (χ1n) is 12.0. The number of carbonyl (C=O) groups excluding carboxylic acids is 2. The highest BCUT2D eigenvalue weighted by Gasteiger charge is 2.27. The molecular weight excluding hydrogens is 553 g/mol. The Morgan fingerprint density at radius 2 is 1.12 bits per heavy atom. The van der Waals surface area contributed by atoms with Gasteiger partial charge in [0, 0.05) is 6.07 Å². The average Bonchev–Trinajstić information content (AvgIpc) is 2.78. The Balaban J connectivity index is 0.000000410. The summed E-state index contributed by atoms with van der Waals surface area (Å²) in [7, 11) is 1.30. The molecule has 0 bridgehead atoms. The van der Waals surface area contributed by atoms with Crippen molar-refractivity contribution in [2.24, 2.45) is 0 Å². The van der Waals surface area contributed by atoms with Gasteiger partial charge in [-0.1, -0.05) is 6.07 Å². The number of aliphatic carboxylic acids is 2. The Morgan fingerprint density at radius 1 is 0.707 bits per heavy atom. The number of hydrogen-bond donors (Lipinski definition) is 4. The van der Waals surface area contributed by atoms with Crippen LogP contribution in [0.4, 0.5) is 22.8 Å². The van der Waals surface area contributed by atoms with Crippen LogP contribution in [0.1, 0.15) is 64.8 Å². The number of nitrogens with one attached hydrogen (secondary N) is 2. The van der Waals surface area contributed by atoms with Crippen LogP contribution in [0.2, 0.25) is 0 Å². The van der Waals surface area contributed by atoms with Gasteiger partial charge in [0.25, 0.3) is 0 Å². The zero-order chi connectivity index (χ0) is 31.7. The molecule has 0 saturated carbocycles. The molecule has 0 aliphatic heterocycles. The lowest BCUT2D eigenvalue weighted by molar-refractivity contribution is -0.140. The number of carboxylic acids is 2. The fourth-order valence-electron chi connectivity index (χ4n) is 3.03. The number of carbonyl (C=O) groups is 4. The molecule has 2 atom stereocenters. The predicted molar refractivity (Wildman–Crippen MR) is 139 cm³/mol. The maximum absolute atomic E-state index is 13.6. The molecule has 2 amide bonds. The van der Waals surface area contributed by atoms with E-state index in [1.54, 1.807) is 41.5 Å². The zero-order valence-electron chi connectivity index (χ0n) is 23.5. The van der Waals surface area contributed by atoms with Gasteiger partial charge >= 0.3 is 24.1 Å². The highest BCUT2D eigenvalue weighted by atomic mass is 19.1. The van der Waals surface area contributed by atoms with Gasteiger partial charge in [0.2, 0.25) is 0 Å². The second kappa shape index (κ2) is 14.2. The number of carboxylic acid groups (broad SMARTS) is 2. The first kappa shape index (κ1) is 34.5. The number of rotatable bonds is 7. The summed E-state index contributed by atoms with van der Waals surface area (Å²) in [5.74, 6) is -5.38. The maximum atomic E-state index is 13.6. The van der Waals surface area contributed by atoms with Gasteiger partial charge in [-0.25, -0.2) is 32.3 Å². The van der Waals surface area contributed by atoms with Gasteiger partial charge in [-0.05, 0) is 76.9 Å². The molecule has 0 saturated heterocycles. The van der Waals surface area contributed by atoms with Crippen molar-refractivity contribution in [3.05, 3.63) is 65.0 Å². The van der Waals surface area contributed by atoms with Crippen molar-refractivity contribution in [2.75, 3.05) is 7.11 Å². The summed E-state index contributed by atoms with van der Waals surface area (Å²) < 4.78 is 54.4. The van der Waals surface area contributed by atoms with Crippen LogP contribution in [-0.2, 0) is 19.1 Å². The van der Waals surface area contributed by atoms with Crippen LogP contribution in [0.3, 0.4) is 0 Å². The maximum Gasteiger partial charge on any atom is 0.408 e. The Bertz CT molecular complexity index is 1240. The smallest absolute Gasteiger partial charge is 0.408 e. The van der Waals surface area contributed by atoms with Gasteiger partial charge in [-0.3, -0.25) is 0 Å². The number of benzene rings is 2. The molecule has 0 heterocycles. The van der Waals surface area contributed by atoms with Crippen molar-refractivity contribution in [1.29, 1.82) is 0 Å². The van der Waals surface area contributed by atoms with Crippen LogP contribution in [0.5, 0.6) is 5.75 Å². The minimum absolute atomic E-state index is 0.0137. The van der Waals surface area contributed by atoms with Crippen molar-refractivity contribution in [1.82, 2.24) is 10.6 Å². The van der Waals surface area contributed by atoms with E-state index in [4.69, 9.17) is 24.4 Å². The minimum Gasteiger partial charge on any atom is -0.494 e. The molecule has 2 rings (SSSR count). The van der Waals surface area contributed by atoms with E-state index in [1.807, 2.05) is 5.32 Å². The molecule has 0 aliphatic rings. The van der Waals surface area contributed by atoms with Crippen LogP contribution < -0.4 is 15.4 Å². The number of methoxy groups -OCH3 is 1. The molecule has 4 N–H and O–H groups in total. The van der Waals surface area contributed by atoms with Crippen LogP contribution in [0.25, 0.3) is 0 Å². The van der Waals surface area contributed by atoms with Crippen LogP contribution in [0, 0.1) is 17.5 Å². The van der Waals surface area contributed by atoms with Crippen molar-refractivity contribution in [3.63, 3.8) is 0 Å². The molecular formula is C27H33F3N2O9. The first-order chi connectivity index (χ1) is 18.7. The molecule has 2 aromatic carbocycles. The van der Waals surface area contributed by atoms with E-state index in [9.17, 15) is 32.3 Å². The van der Waals surface area contributed by atoms with E-state index >= 15 is 0 Å². The molecule has 11 nitrogen and oxygen atoms in total. The van der Waals surface area contributed by atoms with Gasteiger partial charge in [-0.2, -0.15) is 0 Å². The number of ether oxygens (including phenoxy) is 3. The van der Waals surface area contributed by atoms with E-state index < -0.39 is 64.9 Å². The number of amides is 2. The van der Waals surface area contributed by atoms with E-state index in [0.717, 1.165) is 18.2 Å². The van der Waals surface area contributed by atoms with Crippen molar-refractivity contribution in [3.8, 4) is 5.75 Å². The summed E-state index contributed by atoms with van der Waals surface area (Å²) in [5, 5.41) is 22.4. The third-order valence-electron chi connectivity index (χ3n) is 4.54. The van der Waals surface area contributed by atoms with E-state index in [0.29, 0.717) is 6.07 Å². The van der Waals surface area contributed by atoms with Gasteiger partial charge < -0.3 is 35.1 Å². The molecule has 2 unspecified atom stereocenters. The second-order valence-electron chi connectivity index (χ2n) is 10.4. The molecule has 0 spiro atoms. The summed E-state index contributed by atoms with van der Waals surface area (Å²) in [6, 6.07) is 2.90. The van der Waals surface area contributed by atoms with Gasteiger partial charge in [0.05, 0.1) is 7.11 Å². The Labute approximate surface area is 234 Å². The van der Waals surface area contributed by atoms with E-state index in [2.05, 4.69) is 5.32 Å². The topological polar surface area (TPSA) is 160 Å². The molecule has 0 fully saturated rings. The predicted octanol–water partition coefficient (Wildman–Crippen LogP) is 5.10. The summed E-state index contributed by atoms with van der Waals surface area (Å²) in [5.41, 5.74) is -1.73. The van der Waals surface area contributed by atoms with Crippen molar-refractivity contribution in [2.45, 2.75) is 64.8 Å². The summed E-state index contributed by atoms with van der Waals surface area (Å²) in [6.07, 6.45) is -1.89. The third-order valence-corrected chi connectivity index (χ3v) is 4.54. The zero-order valence-corrected chi connectivity index (χ0v) is 23.5. The first-order valence-corrected chi connectivity index (χ1v) is 12.0. The SMILES string of the molecule is CC(C)(C)OC(=O)NC(C(=O)O)c1cc(F)cc(F)c1.COc1ccc(C(NC(=O)OC(C)(C)C)C(=O)O)cc1F. The number of halogens is 3. The van der Waals surface area contributed by atoms with Crippen LogP contribution in [0.15, 0.2) is 36.4 Å². The highest BCUT2D eigenvalue weighted by Crippen LogP contribution is 2.23. The Hall–Kier alpha value is -4.49. The molecule has 226 valence electrons. The van der Waals surface area contributed by atoms with Gasteiger partial charge in [0.15, 0.2) is 23.7 Å². The van der Waals surface area contributed by atoms with Crippen LogP contribution >= 0.6 is 0 Å². The summed E-state index contributed by atoms with van der Waals surface area (Å²) in [4.78, 5) is 45.5. The monoisotopic (exact) mass is 586 g/mol. The average molecular weight is 587 g/mol. The van der Waals surface area contributed by atoms with Crippen molar-refractivity contribution < 1.29 is 56.8 Å². The lowest BCUT2D eigenvalue weighted by Gasteiger charge is -2.22. The van der Waals surface area contributed by atoms with Crippen molar-refractivity contribution >= 4 is 24.1 Å². The number of alkyl carbamates (subject to hydrolysis) is 2. The normalized spacial score (nSPS) is 12.5. The van der Waals surface area contributed by atoms with Crippen LogP contribution in [-0.4, -0.2) is 52.7 Å². The fraction of sp³-hybridized carbons (Fsp3) is 0.407. The molecule has 14 heteroatoms. The second-order valence-corrected chi connectivity index (χ2v) is 10.4. The molecule has 2 aromatic rings. The Kier molecular flexibility index (Phi) is 12.0. The standard InChI is InChI=1S/C14H18FNO5.C13H15F2NO4/c1-14(2,3)21-13(19)16-11(12(17)18)8-5-6-10(20-4)9(15)7-8;1-13(2,3)20-12(19)16-10(11(17)18)7-4-8(14)6-9(15)5-7/h5-7,11H,1-4H3,(H,16,19)(H,17,18);4-6,10H,1-3H3,(H,16,19)(H,17,18). The van der Waals surface area contributed by atoms with Gasteiger partial charge in [0.1, 0.15) is 22.8 Å². The summed E-state index contributed by atoms with van der Waals surface area (Å²) >= 11 is 0. The molecule has 41 heavy (non-hydrogen) atoms. The molecule has 0 radical (unpaired) electrons. The third kappa shape index (κ3) is 12.5. The van der Waals surface area contributed by atoms with E-state index in [1.165, 1.54) is 19.2 Å². The fourth-order valence-corrected chi connectivity index (χ4v) is 3.03. The Morgan fingerprint density at radius 3 is 1.46 bits per heavy atom. The lowest BCUT2D eigenvalue weighted by atomic mass is 10.1. The molecule has 0 aromatic heterocycles. The summed E-state index contributed by atoms with van der Waals surface area (Å²) in [6.45, 7) is 9.75. The quantitative estimate of drug-likeness (QED) is 0.346. The van der Waals surface area contributed by atoms with E-state index in [-0.39, 0.29) is 16.9 Å². The minimum atomic E-state index is -1.60.